The van der Waals surface area contributed by atoms with Crippen LogP contribution in [0.2, 0.25) is 0 Å². The Hall–Kier alpha value is -1.43. The predicted octanol–water partition coefficient (Wildman–Crippen LogP) is 1.32. The summed E-state index contributed by atoms with van der Waals surface area (Å²) in [5.74, 6) is 0.807. The van der Waals surface area contributed by atoms with Crippen molar-refractivity contribution in [2.75, 3.05) is 7.05 Å². The molecule has 112 valence electrons. The van der Waals surface area contributed by atoms with Crippen molar-refractivity contribution in [3.63, 3.8) is 0 Å². The van der Waals surface area contributed by atoms with E-state index >= 15 is 0 Å². The summed E-state index contributed by atoms with van der Waals surface area (Å²) in [7, 11) is 1.83. The van der Waals surface area contributed by atoms with E-state index in [0.29, 0.717) is 0 Å². The van der Waals surface area contributed by atoms with E-state index < -0.39 is 0 Å². The van der Waals surface area contributed by atoms with Gasteiger partial charge in [0.15, 0.2) is 0 Å². The smallest absolute Gasteiger partial charge is 0.237 e. The lowest BCUT2D eigenvalue weighted by molar-refractivity contribution is -0.127. The predicted molar refractivity (Wildman–Crippen MR) is 77.0 cm³/mol. The highest BCUT2D eigenvalue weighted by atomic mass is 16.2. The molecule has 6 heteroatoms. The Balaban J connectivity index is 2.06. The molecule has 1 aliphatic carbocycles. The maximum atomic E-state index is 12.5. The molecule has 3 N–H and O–H groups in total. The highest BCUT2D eigenvalue weighted by molar-refractivity contribution is 5.82. The molecule has 1 aromatic rings. The number of hydrogen-bond donors (Lipinski definition) is 3. The molecule has 0 spiro atoms. The number of amides is 1. The topological polar surface area (TPSA) is 82.7 Å². The highest BCUT2D eigenvalue weighted by Gasteiger charge is 2.43. The van der Waals surface area contributed by atoms with Gasteiger partial charge in [0, 0.05) is 0 Å². The van der Waals surface area contributed by atoms with E-state index in [2.05, 4.69) is 46.6 Å². The average Bonchev–Trinajstić information content (AvgIpc) is 2.83. The minimum absolute atomic E-state index is 0.0403. The van der Waals surface area contributed by atoms with Gasteiger partial charge in [-0.05, 0) is 38.1 Å². The number of carbonyl (C=O) groups is 1. The Morgan fingerprint density at radius 1 is 1.50 bits per heavy atom. The lowest BCUT2D eigenvalue weighted by Gasteiger charge is -2.41. The van der Waals surface area contributed by atoms with E-state index in [1.165, 1.54) is 6.33 Å². The maximum absolute atomic E-state index is 12.5. The fourth-order valence-electron chi connectivity index (χ4n) is 2.65. The van der Waals surface area contributed by atoms with E-state index in [4.69, 9.17) is 0 Å². The van der Waals surface area contributed by atoms with Crippen LogP contribution >= 0.6 is 0 Å². The second kappa shape index (κ2) is 5.52. The van der Waals surface area contributed by atoms with E-state index in [1.807, 2.05) is 7.05 Å². The van der Waals surface area contributed by atoms with Gasteiger partial charge in [-0.3, -0.25) is 9.89 Å². The van der Waals surface area contributed by atoms with Crippen molar-refractivity contribution >= 4 is 5.91 Å². The zero-order chi connectivity index (χ0) is 14.8. The van der Waals surface area contributed by atoms with E-state index in [-0.39, 0.29) is 22.9 Å². The second-order valence-electron chi connectivity index (χ2n) is 6.87. The van der Waals surface area contributed by atoms with Crippen LogP contribution in [0, 0.1) is 5.41 Å². The minimum atomic E-state index is -0.347. The maximum Gasteiger partial charge on any atom is 0.237 e. The van der Waals surface area contributed by atoms with Crippen LogP contribution in [0.5, 0.6) is 0 Å². The molecule has 1 saturated carbocycles. The highest BCUT2D eigenvalue weighted by Crippen LogP contribution is 2.39. The van der Waals surface area contributed by atoms with Crippen LogP contribution in [-0.4, -0.2) is 34.2 Å². The van der Waals surface area contributed by atoms with Gasteiger partial charge in [0.1, 0.15) is 12.2 Å². The lowest BCUT2D eigenvalue weighted by Crippen LogP contribution is -2.56. The van der Waals surface area contributed by atoms with Crippen LogP contribution in [0.15, 0.2) is 6.33 Å². The van der Waals surface area contributed by atoms with Crippen molar-refractivity contribution in [3.05, 3.63) is 12.2 Å². The van der Waals surface area contributed by atoms with Crippen molar-refractivity contribution in [1.82, 2.24) is 25.8 Å². The Morgan fingerprint density at radius 2 is 2.20 bits per heavy atom. The molecule has 0 radical (unpaired) electrons. The summed E-state index contributed by atoms with van der Waals surface area (Å²) in [5.41, 5.74) is -0.245. The van der Waals surface area contributed by atoms with Gasteiger partial charge in [-0.1, -0.05) is 20.8 Å². The number of nitrogens with zero attached hydrogens (tertiary/aromatic N) is 2. The third kappa shape index (κ3) is 3.17. The first kappa shape index (κ1) is 15.0. The van der Waals surface area contributed by atoms with Gasteiger partial charge in [-0.25, -0.2) is 4.98 Å². The third-order valence-corrected chi connectivity index (χ3v) is 3.92. The molecule has 6 nitrogen and oxygen atoms in total. The summed E-state index contributed by atoms with van der Waals surface area (Å²) in [4.78, 5) is 16.7. The van der Waals surface area contributed by atoms with Crippen LogP contribution in [0.25, 0.3) is 0 Å². The Bertz CT molecular complexity index is 445. The number of nitrogens with one attached hydrogen (secondary N) is 3. The Morgan fingerprint density at radius 3 is 2.60 bits per heavy atom. The van der Waals surface area contributed by atoms with E-state index in [1.54, 1.807) is 0 Å². The first-order valence-corrected chi connectivity index (χ1v) is 7.21. The zero-order valence-electron chi connectivity index (χ0n) is 12.8. The van der Waals surface area contributed by atoms with Crippen molar-refractivity contribution < 1.29 is 4.79 Å². The van der Waals surface area contributed by atoms with Crippen molar-refractivity contribution in [1.29, 1.82) is 0 Å². The second-order valence-corrected chi connectivity index (χ2v) is 6.87. The van der Waals surface area contributed by atoms with Crippen LogP contribution in [-0.2, 0) is 10.3 Å². The van der Waals surface area contributed by atoms with Gasteiger partial charge in [-0.2, -0.15) is 5.10 Å². The summed E-state index contributed by atoms with van der Waals surface area (Å²) < 4.78 is 0. The van der Waals surface area contributed by atoms with Crippen LogP contribution in [0.3, 0.4) is 0 Å². The molecule has 1 fully saturated rings. The molecule has 1 amide bonds. The van der Waals surface area contributed by atoms with Gasteiger partial charge < -0.3 is 10.6 Å². The molecular formula is C14H25N5O. The van der Waals surface area contributed by atoms with Gasteiger partial charge in [0.2, 0.25) is 5.91 Å². The van der Waals surface area contributed by atoms with Gasteiger partial charge in [-0.15, -0.1) is 0 Å². The minimum Gasteiger partial charge on any atom is -0.342 e. The van der Waals surface area contributed by atoms with Crippen molar-refractivity contribution in [3.8, 4) is 0 Å². The lowest BCUT2D eigenvalue weighted by atomic mass is 9.75. The van der Waals surface area contributed by atoms with Gasteiger partial charge >= 0.3 is 0 Å². The summed E-state index contributed by atoms with van der Waals surface area (Å²) in [6.07, 6.45) is 5.22. The standard InChI is InChI=1S/C14H25N5O/c1-13(2,3)8-10(15-4)11(20)18-14(6-5-7-14)12-16-9-17-19-12/h9-10,15H,5-8H2,1-4H3,(H,18,20)(H,16,17,19). The molecule has 0 aromatic carbocycles. The van der Waals surface area contributed by atoms with E-state index in [9.17, 15) is 4.79 Å². The van der Waals surface area contributed by atoms with Crippen molar-refractivity contribution in [2.45, 2.75) is 58.0 Å². The van der Waals surface area contributed by atoms with Crippen LogP contribution in [0.1, 0.15) is 52.3 Å². The number of H-pyrrole nitrogens is 1. The normalized spacial score (nSPS) is 19.2. The number of aromatic nitrogens is 3. The molecule has 1 aliphatic rings. The van der Waals surface area contributed by atoms with Gasteiger partial charge in [0.25, 0.3) is 0 Å². The van der Waals surface area contributed by atoms with Crippen LogP contribution < -0.4 is 10.6 Å². The molecule has 0 saturated heterocycles. The number of aromatic amines is 1. The molecule has 2 rings (SSSR count). The largest absolute Gasteiger partial charge is 0.342 e. The van der Waals surface area contributed by atoms with E-state index in [0.717, 1.165) is 31.5 Å². The summed E-state index contributed by atoms with van der Waals surface area (Å²) in [6.45, 7) is 6.42. The molecule has 1 heterocycles. The zero-order valence-corrected chi connectivity index (χ0v) is 12.8. The first-order chi connectivity index (χ1) is 9.36. The molecule has 1 unspecified atom stereocenters. The fraction of sp³-hybridized carbons (Fsp3) is 0.786. The molecule has 0 aliphatic heterocycles. The quantitative estimate of drug-likeness (QED) is 0.759. The number of hydrogen-bond acceptors (Lipinski definition) is 4. The average molecular weight is 279 g/mol. The molecule has 20 heavy (non-hydrogen) atoms. The SMILES string of the molecule is CNC(CC(C)(C)C)C(=O)NC1(c2ncn[nH]2)CCC1. The molecule has 1 aromatic heterocycles. The number of likely N-dealkylation sites (N-methyl/N-ethyl adjacent to an activating group) is 1. The summed E-state index contributed by atoms with van der Waals surface area (Å²) >= 11 is 0. The fourth-order valence-corrected chi connectivity index (χ4v) is 2.65. The Kier molecular flexibility index (Phi) is 4.13. The molecular weight excluding hydrogens is 254 g/mol. The molecule has 0 bridgehead atoms. The van der Waals surface area contributed by atoms with Crippen molar-refractivity contribution in [2.24, 2.45) is 5.41 Å². The number of rotatable bonds is 5. The van der Waals surface area contributed by atoms with Gasteiger partial charge in [0.05, 0.1) is 11.6 Å². The Labute approximate surface area is 120 Å². The number of carbonyl (C=O) groups excluding carboxylic acids is 1. The third-order valence-electron chi connectivity index (χ3n) is 3.92. The molecule has 1 atom stereocenters. The summed E-state index contributed by atoms with van der Waals surface area (Å²) in [5, 5.41) is 13.1. The van der Waals surface area contributed by atoms with Crippen LogP contribution in [0.4, 0.5) is 0 Å². The first-order valence-electron chi connectivity index (χ1n) is 7.21. The monoisotopic (exact) mass is 279 g/mol. The summed E-state index contributed by atoms with van der Waals surface area (Å²) in [6, 6.07) is -0.185.